The summed E-state index contributed by atoms with van der Waals surface area (Å²) in [4.78, 5) is 0. The van der Waals surface area contributed by atoms with Crippen LogP contribution in [-0.4, -0.2) is 17.1 Å². The third kappa shape index (κ3) is 4.04. The minimum absolute atomic E-state index is 0. The molecule has 0 amide bonds. The Morgan fingerprint density at radius 1 is 1.25 bits per heavy atom. The summed E-state index contributed by atoms with van der Waals surface area (Å²) >= 11 is 5.44. The molecule has 0 fully saturated rings. The summed E-state index contributed by atoms with van der Waals surface area (Å²) in [5.41, 5.74) is 0. The number of hydrogen-bond donors (Lipinski definition) is 1. The Morgan fingerprint density at radius 2 is 1.83 bits per heavy atom. The molecule has 0 aliphatic rings. The molecular formula is C8H11BrClNO. The lowest BCUT2D eigenvalue weighted by Gasteiger charge is -2.00. The average molecular weight is 253 g/mol. The molecule has 0 saturated carbocycles. The molecule has 0 spiro atoms. The first-order valence-corrected chi connectivity index (χ1v) is 4.04. The van der Waals surface area contributed by atoms with Gasteiger partial charge in [-0.1, -0.05) is 6.07 Å². The number of nitrogens with zero attached hydrogens (tertiary/aromatic N) is 1. The Hall–Kier alpha value is -0.120. The Morgan fingerprint density at radius 3 is 2.33 bits per heavy atom. The monoisotopic (exact) mass is 251 g/mol. The van der Waals surface area contributed by atoms with Gasteiger partial charge in [0.05, 0.1) is 5.88 Å². The van der Waals surface area contributed by atoms with Gasteiger partial charge in [-0.25, -0.2) is 4.57 Å². The van der Waals surface area contributed by atoms with E-state index in [1.807, 2.05) is 35.2 Å². The van der Waals surface area contributed by atoms with Crippen LogP contribution in [0.15, 0.2) is 30.6 Å². The van der Waals surface area contributed by atoms with E-state index in [4.69, 9.17) is 16.7 Å². The van der Waals surface area contributed by atoms with E-state index in [1.165, 1.54) is 0 Å². The van der Waals surface area contributed by atoms with Crippen LogP contribution in [0.25, 0.3) is 0 Å². The van der Waals surface area contributed by atoms with Crippen molar-refractivity contribution in [2.24, 2.45) is 0 Å². The maximum Gasteiger partial charge on any atom is 0.175 e. The fraction of sp³-hybridized carbons (Fsp3) is 0.375. The zero-order chi connectivity index (χ0) is 8.10. The number of aromatic nitrogens is 1. The van der Waals surface area contributed by atoms with Crippen molar-refractivity contribution >= 4 is 11.6 Å². The summed E-state index contributed by atoms with van der Waals surface area (Å²) in [6.07, 6.45) is 3.34. The van der Waals surface area contributed by atoms with Gasteiger partial charge < -0.3 is 22.1 Å². The van der Waals surface area contributed by atoms with Gasteiger partial charge in [0, 0.05) is 12.1 Å². The van der Waals surface area contributed by atoms with Gasteiger partial charge in [0.25, 0.3) is 0 Å². The topological polar surface area (TPSA) is 24.1 Å². The highest BCUT2D eigenvalue weighted by atomic mass is 79.9. The summed E-state index contributed by atoms with van der Waals surface area (Å²) in [5.74, 6) is 0.280. The molecule has 0 aliphatic heterocycles. The summed E-state index contributed by atoms with van der Waals surface area (Å²) < 4.78 is 1.90. The summed E-state index contributed by atoms with van der Waals surface area (Å²) in [6, 6.07) is 5.77. The van der Waals surface area contributed by atoms with Crippen LogP contribution in [0.2, 0.25) is 0 Å². The highest BCUT2D eigenvalue weighted by Gasteiger charge is 2.07. The predicted molar refractivity (Wildman–Crippen MR) is 43.4 cm³/mol. The van der Waals surface area contributed by atoms with Gasteiger partial charge in [0.2, 0.25) is 0 Å². The van der Waals surface area contributed by atoms with Gasteiger partial charge in [0.1, 0.15) is 6.10 Å². The molecule has 4 heteroatoms. The van der Waals surface area contributed by atoms with Gasteiger partial charge in [-0.15, -0.1) is 11.6 Å². The Kier molecular flexibility index (Phi) is 6.34. The maximum absolute atomic E-state index is 9.16. The summed E-state index contributed by atoms with van der Waals surface area (Å²) in [7, 11) is 0. The van der Waals surface area contributed by atoms with Crippen molar-refractivity contribution in [3.05, 3.63) is 30.6 Å². The van der Waals surface area contributed by atoms with E-state index in [0.29, 0.717) is 6.54 Å². The third-order valence-electron chi connectivity index (χ3n) is 1.38. The summed E-state index contributed by atoms with van der Waals surface area (Å²) in [6.45, 7) is 0.560. The quantitative estimate of drug-likeness (QED) is 0.470. The highest BCUT2D eigenvalue weighted by Crippen LogP contribution is 1.87. The molecule has 1 atom stereocenters. The molecule has 0 radical (unpaired) electrons. The number of aliphatic hydroxyl groups is 1. The van der Waals surface area contributed by atoms with Crippen molar-refractivity contribution in [2.45, 2.75) is 12.6 Å². The molecule has 1 rings (SSSR count). The molecule has 12 heavy (non-hydrogen) atoms. The van der Waals surface area contributed by atoms with Crippen LogP contribution in [0.5, 0.6) is 0 Å². The van der Waals surface area contributed by atoms with Crippen molar-refractivity contribution < 1.29 is 26.7 Å². The van der Waals surface area contributed by atoms with Crippen LogP contribution in [0.4, 0.5) is 0 Å². The second-order valence-electron chi connectivity index (χ2n) is 2.38. The van der Waals surface area contributed by atoms with Crippen molar-refractivity contribution in [3.8, 4) is 0 Å². The molecule has 68 valence electrons. The molecule has 1 unspecified atom stereocenters. The molecule has 1 heterocycles. The van der Waals surface area contributed by atoms with E-state index in [1.54, 1.807) is 0 Å². The molecule has 2 nitrogen and oxygen atoms in total. The summed E-state index contributed by atoms with van der Waals surface area (Å²) in [5, 5.41) is 9.16. The lowest BCUT2D eigenvalue weighted by atomic mass is 10.4. The lowest BCUT2D eigenvalue weighted by molar-refractivity contribution is -0.703. The van der Waals surface area contributed by atoms with Crippen molar-refractivity contribution in [3.63, 3.8) is 0 Å². The molecule has 1 aromatic heterocycles. The van der Waals surface area contributed by atoms with Crippen LogP contribution in [-0.2, 0) is 6.54 Å². The molecule has 0 saturated heterocycles. The van der Waals surface area contributed by atoms with Crippen LogP contribution < -0.4 is 21.5 Å². The van der Waals surface area contributed by atoms with Gasteiger partial charge in [-0.2, -0.15) is 0 Å². The Balaban J connectivity index is 0.00000121. The predicted octanol–water partition coefficient (Wildman–Crippen LogP) is -2.42. The first-order valence-electron chi connectivity index (χ1n) is 3.51. The van der Waals surface area contributed by atoms with Crippen LogP contribution in [0, 0.1) is 0 Å². The van der Waals surface area contributed by atoms with E-state index >= 15 is 0 Å². The second kappa shape index (κ2) is 6.40. The number of hydrogen-bond acceptors (Lipinski definition) is 1. The first-order chi connectivity index (χ1) is 5.33. The van der Waals surface area contributed by atoms with Crippen molar-refractivity contribution in [1.29, 1.82) is 0 Å². The van der Waals surface area contributed by atoms with Gasteiger partial charge in [0.15, 0.2) is 18.9 Å². The zero-order valence-electron chi connectivity index (χ0n) is 6.53. The fourth-order valence-electron chi connectivity index (χ4n) is 0.848. The molecule has 1 aromatic rings. The Bertz CT molecular complexity index is 207. The van der Waals surface area contributed by atoms with Gasteiger partial charge in [-0.3, -0.25) is 0 Å². The molecule has 0 bridgehead atoms. The fourth-order valence-corrected chi connectivity index (χ4v) is 0.946. The van der Waals surface area contributed by atoms with E-state index in [9.17, 15) is 0 Å². The number of pyridine rings is 1. The first kappa shape index (κ1) is 11.9. The minimum Gasteiger partial charge on any atom is -1.00 e. The number of halogens is 2. The zero-order valence-corrected chi connectivity index (χ0v) is 8.87. The third-order valence-corrected chi connectivity index (χ3v) is 1.73. The number of aliphatic hydroxyl groups excluding tert-OH is 1. The molecular weight excluding hydrogens is 241 g/mol. The standard InChI is InChI=1S/C8H11ClNO.BrH/c9-6-8(11)7-10-4-2-1-3-5-10;/h1-5,8,11H,6-7H2;1H/q+1;/p-1. The van der Waals surface area contributed by atoms with Gasteiger partial charge in [-0.05, 0) is 0 Å². The van der Waals surface area contributed by atoms with Gasteiger partial charge >= 0.3 is 0 Å². The number of alkyl halides is 1. The smallest absolute Gasteiger partial charge is 0.175 e. The van der Waals surface area contributed by atoms with E-state index in [0.717, 1.165) is 0 Å². The van der Waals surface area contributed by atoms with Crippen LogP contribution >= 0.6 is 11.6 Å². The van der Waals surface area contributed by atoms with Crippen molar-refractivity contribution in [2.75, 3.05) is 5.88 Å². The second-order valence-corrected chi connectivity index (χ2v) is 2.69. The lowest BCUT2D eigenvalue weighted by Crippen LogP contribution is -3.00. The highest BCUT2D eigenvalue weighted by molar-refractivity contribution is 6.18. The largest absolute Gasteiger partial charge is 1.00 e. The maximum atomic E-state index is 9.16. The van der Waals surface area contributed by atoms with E-state index in [-0.39, 0.29) is 22.9 Å². The Labute approximate surface area is 87.6 Å². The normalized spacial score (nSPS) is 11.8. The minimum atomic E-state index is -0.455. The van der Waals surface area contributed by atoms with Crippen LogP contribution in [0.3, 0.4) is 0 Å². The number of rotatable bonds is 3. The molecule has 1 N–H and O–H groups in total. The molecule has 0 aliphatic carbocycles. The molecule has 0 aromatic carbocycles. The SMILES string of the molecule is OC(CCl)C[n+]1ccccc1.[Br-]. The van der Waals surface area contributed by atoms with E-state index in [2.05, 4.69) is 0 Å². The van der Waals surface area contributed by atoms with Crippen molar-refractivity contribution in [1.82, 2.24) is 0 Å². The average Bonchev–Trinajstić information content (AvgIpc) is 2.06. The van der Waals surface area contributed by atoms with E-state index < -0.39 is 6.10 Å². The van der Waals surface area contributed by atoms with Crippen LogP contribution in [0.1, 0.15) is 0 Å².